The quantitative estimate of drug-likeness (QED) is 0.447. The number of aromatic nitrogens is 3. The van der Waals surface area contributed by atoms with E-state index in [0.717, 1.165) is 0 Å². The van der Waals surface area contributed by atoms with E-state index in [-0.39, 0.29) is 0 Å². The highest BCUT2D eigenvalue weighted by atomic mass is 16.5. The summed E-state index contributed by atoms with van der Waals surface area (Å²) in [5.41, 5.74) is 0.335. The molecule has 78 valence electrons. The minimum Gasteiger partial charge on any atom is -0.382 e. The van der Waals surface area contributed by atoms with Crippen LogP contribution in [0.4, 0.5) is 0 Å². The monoisotopic (exact) mass is 199 g/mol. The molecule has 0 atom stereocenters. The van der Waals surface area contributed by atoms with E-state index in [1.165, 1.54) is 0 Å². The first-order valence-electron chi connectivity index (χ1n) is 4.29. The van der Waals surface area contributed by atoms with E-state index in [2.05, 4.69) is 10.3 Å². The van der Waals surface area contributed by atoms with Gasteiger partial charge in [-0.3, -0.25) is 4.79 Å². The van der Waals surface area contributed by atoms with Crippen LogP contribution in [0, 0.1) is 0 Å². The standard InChI is InChI=1S/C8H13N3O3/c1-13-4-5-14-3-2-11-6-8(7-12)9-10-11/h6-7H,2-5H2,1H3. The van der Waals surface area contributed by atoms with Gasteiger partial charge in [0.05, 0.1) is 32.6 Å². The zero-order valence-corrected chi connectivity index (χ0v) is 8.05. The molecule has 6 nitrogen and oxygen atoms in total. The van der Waals surface area contributed by atoms with Crippen LogP contribution in [0.5, 0.6) is 0 Å². The lowest BCUT2D eigenvalue weighted by atomic mass is 10.5. The van der Waals surface area contributed by atoms with Gasteiger partial charge in [0.25, 0.3) is 0 Å². The van der Waals surface area contributed by atoms with Crippen LogP contribution in [0.3, 0.4) is 0 Å². The first-order chi connectivity index (χ1) is 6.86. The smallest absolute Gasteiger partial charge is 0.171 e. The lowest BCUT2D eigenvalue weighted by Crippen LogP contribution is -2.09. The molecule has 0 aliphatic carbocycles. The fourth-order valence-electron chi connectivity index (χ4n) is 0.879. The van der Waals surface area contributed by atoms with Gasteiger partial charge in [-0.15, -0.1) is 5.10 Å². The minimum atomic E-state index is 0.335. The van der Waals surface area contributed by atoms with Crippen LogP contribution in [0.15, 0.2) is 6.20 Å². The molecule has 0 unspecified atom stereocenters. The van der Waals surface area contributed by atoms with Gasteiger partial charge in [-0.25, -0.2) is 4.68 Å². The number of carbonyl (C=O) groups excluding carboxylic acids is 1. The van der Waals surface area contributed by atoms with Gasteiger partial charge in [-0.2, -0.15) is 0 Å². The third-order valence-corrected chi connectivity index (χ3v) is 1.57. The summed E-state index contributed by atoms with van der Waals surface area (Å²) < 4.78 is 11.6. The number of methoxy groups -OCH3 is 1. The topological polar surface area (TPSA) is 66.2 Å². The minimum absolute atomic E-state index is 0.335. The molecule has 1 aromatic rings. The summed E-state index contributed by atoms with van der Waals surface area (Å²) in [6, 6.07) is 0. The van der Waals surface area contributed by atoms with Gasteiger partial charge in [0.1, 0.15) is 5.69 Å². The Morgan fingerprint density at radius 3 is 3.00 bits per heavy atom. The van der Waals surface area contributed by atoms with Crippen molar-refractivity contribution >= 4 is 6.29 Å². The average molecular weight is 199 g/mol. The maximum atomic E-state index is 10.3. The van der Waals surface area contributed by atoms with Gasteiger partial charge in [0, 0.05) is 7.11 Å². The summed E-state index contributed by atoms with van der Waals surface area (Å²) >= 11 is 0. The van der Waals surface area contributed by atoms with Crippen molar-refractivity contribution in [2.24, 2.45) is 0 Å². The van der Waals surface area contributed by atoms with Crippen molar-refractivity contribution in [2.75, 3.05) is 26.9 Å². The highest BCUT2D eigenvalue weighted by Gasteiger charge is 1.97. The van der Waals surface area contributed by atoms with Crippen LogP contribution in [0.25, 0.3) is 0 Å². The first kappa shape index (κ1) is 10.8. The van der Waals surface area contributed by atoms with Crippen molar-refractivity contribution in [3.63, 3.8) is 0 Å². The average Bonchev–Trinajstić information content (AvgIpc) is 2.65. The van der Waals surface area contributed by atoms with Gasteiger partial charge in [-0.05, 0) is 0 Å². The molecular weight excluding hydrogens is 186 g/mol. The predicted molar refractivity (Wildman–Crippen MR) is 48.1 cm³/mol. The Morgan fingerprint density at radius 2 is 2.36 bits per heavy atom. The van der Waals surface area contributed by atoms with E-state index in [1.807, 2.05) is 0 Å². The summed E-state index contributed by atoms with van der Waals surface area (Å²) in [6.07, 6.45) is 2.24. The number of nitrogens with zero attached hydrogens (tertiary/aromatic N) is 3. The fraction of sp³-hybridized carbons (Fsp3) is 0.625. The molecule has 6 heteroatoms. The summed E-state index contributed by atoms with van der Waals surface area (Å²) in [5.74, 6) is 0. The van der Waals surface area contributed by atoms with Crippen LogP contribution in [-0.2, 0) is 16.0 Å². The van der Waals surface area contributed by atoms with Gasteiger partial charge in [0.15, 0.2) is 6.29 Å². The molecular formula is C8H13N3O3. The second kappa shape index (κ2) is 6.22. The van der Waals surface area contributed by atoms with Crippen molar-refractivity contribution in [3.05, 3.63) is 11.9 Å². The van der Waals surface area contributed by atoms with Gasteiger partial charge >= 0.3 is 0 Å². The van der Waals surface area contributed by atoms with E-state index in [9.17, 15) is 4.79 Å². The molecule has 1 rings (SSSR count). The van der Waals surface area contributed by atoms with Crippen LogP contribution < -0.4 is 0 Å². The van der Waals surface area contributed by atoms with Crippen LogP contribution >= 0.6 is 0 Å². The maximum absolute atomic E-state index is 10.3. The largest absolute Gasteiger partial charge is 0.382 e. The Hall–Kier alpha value is -1.27. The van der Waals surface area contributed by atoms with E-state index in [4.69, 9.17) is 9.47 Å². The third kappa shape index (κ3) is 3.63. The Morgan fingerprint density at radius 1 is 1.50 bits per heavy atom. The molecule has 0 spiro atoms. The molecule has 0 aliphatic heterocycles. The maximum Gasteiger partial charge on any atom is 0.171 e. The van der Waals surface area contributed by atoms with E-state index in [1.54, 1.807) is 18.0 Å². The highest BCUT2D eigenvalue weighted by molar-refractivity contribution is 5.70. The second-order valence-corrected chi connectivity index (χ2v) is 2.63. The normalized spacial score (nSPS) is 10.4. The van der Waals surface area contributed by atoms with Crippen molar-refractivity contribution in [1.82, 2.24) is 15.0 Å². The zero-order valence-electron chi connectivity index (χ0n) is 8.05. The molecule has 1 heterocycles. The molecule has 0 N–H and O–H groups in total. The lowest BCUT2D eigenvalue weighted by molar-refractivity contribution is 0.0652. The van der Waals surface area contributed by atoms with Gasteiger partial charge < -0.3 is 9.47 Å². The fourth-order valence-corrected chi connectivity index (χ4v) is 0.879. The first-order valence-corrected chi connectivity index (χ1v) is 4.29. The van der Waals surface area contributed by atoms with E-state index < -0.39 is 0 Å². The Kier molecular flexibility index (Phi) is 4.81. The molecule has 1 aromatic heterocycles. The predicted octanol–water partition coefficient (Wildman–Crippen LogP) is -0.246. The molecule has 0 radical (unpaired) electrons. The third-order valence-electron chi connectivity index (χ3n) is 1.57. The van der Waals surface area contributed by atoms with Crippen molar-refractivity contribution in [2.45, 2.75) is 6.54 Å². The molecule has 0 fully saturated rings. The number of carbonyl (C=O) groups is 1. The van der Waals surface area contributed by atoms with Crippen molar-refractivity contribution in [1.29, 1.82) is 0 Å². The summed E-state index contributed by atoms with van der Waals surface area (Å²) in [5, 5.41) is 7.34. The van der Waals surface area contributed by atoms with Crippen LogP contribution in [0.1, 0.15) is 10.5 Å². The summed E-state index contributed by atoms with van der Waals surface area (Å²) in [6.45, 7) is 2.26. The Balaban J connectivity index is 2.14. The Bertz CT molecular complexity index is 275. The molecule has 0 saturated heterocycles. The number of ether oxygens (including phenoxy) is 2. The zero-order chi connectivity index (χ0) is 10.2. The molecule has 0 saturated carbocycles. The highest BCUT2D eigenvalue weighted by Crippen LogP contribution is 1.88. The number of hydrogen-bond donors (Lipinski definition) is 0. The van der Waals surface area contributed by atoms with Crippen molar-refractivity contribution in [3.8, 4) is 0 Å². The lowest BCUT2D eigenvalue weighted by Gasteiger charge is -2.02. The van der Waals surface area contributed by atoms with Crippen LogP contribution in [-0.4, -0.2) is 48.2 Å². The summed E-state index contributed by atoms with van der Waals surface area (Å²) in [7, 11) is 1.62. The molecule has 0 aliphatic rings. The molecule has 0 aromatic carbocycles. The second-order valence-electron chi connectivity index (χ2n) is 2.63. The van der Waals surface area contributed by atoms with Crippen molar-refractivity contribution < 1.29 is 14.3 Å². The molecule has 0 bridgehead atoms. The number of aldehydes is 1. The van der Waals surface area contributed by atoms with E-state index in [0.29, 0.717) is 38.3 Å². The van der Waals surface area contributed by atoms with Gasteiger partial charge in [0.2, 0.25) is 0 Å². The van der Waals surface area contributed by atoms with Crippen LogP contribution in [0.2, 0.25) is 0 Å². The number of hydrogen-bond acceptors (Lipinski definition) is 5. The molecule has 0 amide bonds. The summed E-state index contributed by atoms with van der Waals surface area (Å²) in [4.78, 5) is 10.3. The Labute approximate surface area is 81.8 Å². The van der Waals surface area contributed by atoms with Gasteiger partial charge in [-0.1, -0.05) is 5.21 Å². The SMILES string of the molecule is COCCOCCn1cc(C=O)nn1. The number of rotatable bonds is 7. The van der Waals surface area contributed by atoms with E-state index >= 15 is 0 Å². The molecule has 14 heavy (non-hydrogen) atoms.